The van der Waals surface area contributed by atoms with Crippen molar-refractivity contribution in [2.24, 2.45) is 11.8 Å². The van der Waals surface area contributed by atoms with E-state index >= 15 is 0 Å². The van der Waals surface area contributed by atoms with E-state index < -0.39 is 48.7 Å². The van der Waals surface area contributed by atoms with Crippen LogP contribution in [-0.4, -0.2) is 105 Å². The van der Waals surface area contributed by atoms with Crippen molar-refractivity contribution in [3.8, 4) is 33.6 Å². The molecule has 2 fully saturated rings. The molecule has 2 aliphatic heterocycles. The Hall–Kier alpha value is -5.80. The summed E-state index contributed by atoms with van der Waals surface area (Å²) < 4.78 is 39.1. The van der Waals surface area contributed by atoms with Crippen LogP contribution in [0.3, 0.4) is 0 Å². The van der Waals surface area contributed by atoms with Gasteiger partial charge in [0.15, 0.2) is 0 Å². The van der Waals surface area contributed by atoms with Crippen molar-refractivity contribution >= 4 is 24.0 Å². The predicted octanol–water partition coefficient (Wildman–Crippen LogP) is 6.90. The Morgan fingerprint density at radius 3 is 1.33 bits per heavy atom. The number of halogens is 2. The Morgan fingerprint density at radius 1 is 0.655 bits per heavy atom. The average Bonchev–Trinajstić information content (AvgIpc) is 4.03. The maximum absolute atomic E-state index is 14.8. The van der Waals surface area contributed by atoms with Gasteiger partial charge in [0.25, 0.3) is 0 Å². The number of alkyl carbamates (subject to hydrolysis) is 2. The number of hydrogen-bond donors (Lipinski definition) is 4. The SMILES string of the molecule is COC(=O)N[C@@H](CC(C)C)C(=O)N1C[C@H](F)CC1c1ncc(-c2ccc(-c3ccc(-c4cnc([C@@H]5C[C@@H](F)CN5C(=O)[C@H](CC(C)C)NC(=O)OC)[nH]4)cc3)cc2)[nH]1. The third-order valence-electron chi connectivity index (χ3n) is 10.6. The maximum Gasteiger partial charge on any atom is 0.407 e. The van der Waals surface area contributed by atoms with E-state index in [-0.39, 0.29) is 49.6 Å². The van der Waals surface area contributed by atoms with Crippen molar-refractivity contribution in [3.05, 3.63) is 72.6 Å². The van der Waals surface area contributed by atoms with Crippen LogP contribution in [0.15, 0.2) is 60.9 Å². The highest BCUT2D eigenvalue weighted by molar-refractivity contribution is 5.87. The molecule has 310 valence electrons. The third-order valence-corrected chi connectivity index (χ3v) is 10.6. The van der Waals surface area contributed by atoms with Gasteiger partial charge in [-0.15, -0.1) is 0 Å². The van der Waals surface area contributed by atoms with Crippen LogP contribution in [0, 0.1) is 11.8 Å². The number of aromatic nitrogens is 4. The predicted molar refractivity (Wildman–Crippen MR) is 213 cm³/mol. The van der Waals surface area contributed by atoms with Crippen molar-refractivity contribution < 1.29 is 37.4 Å². The van der Waals surface area contributed by atoms with Gasteiger partial charge in [-0.1, -0.05) is 76.2 Å². The van der Waals surface area contributed by atoms with Crippen LogP contribution < -0.4 is 10.6 Å². The molecule has 6 rings (SSSR count). The summed E-state index contributed by atoms with van der Waals surface area (Å²) in [5.74, 6) is 0.374. The Bertz CT molecular complexity index is 1910. The molecule has 0 saturated carbocycles. The number of likely N-dealkylation sites (tertiary alicyclic amines) is 2. The Kier molecular flexibility index (Phi) is 13.1. The molecule has 4 heterocycles. The van der Waals surface area contributed by atoms with Crippen LogP contribution >= 0.6 is 0 Å². The quantitative estimate of drug-likeness (QED) is 0.113. The third kappa shape index (κ3) is 9.65. The molecule has 0 radical (unpaired) electrons. The van der Waals surface area contributed by atoms with Gasteiger partial charge in [0.1, 0.15) is 36.1 Å². The molecule has 0 bridgehead atoms. The highest BCUT2D eigenvalue weighted by atomic mass is 19.1. The highest BCUT2D eigenvalue weighted by Gasteiger charge is 2.42. The second-order valence-corrected chi connectivity index (χ2v) is 15.8. The number of amides is 4. The first-order valence-electron chi connectivity index (χ1n) is 19.6. The van der Waals surface area contributed by atoms with Gasteiger partial charge in [-0.2, -0.15) is 0 Å². The van der Waals surface area contributed by atoms with E-state index in [2.05, 4.69) is 30.6 Å². The number of hydrogen-bond acceptors (Lipinski definition) is 8. The molecule has 2 aliphatic rings. The molecule has 58 heavy (non-hydrogen) atoms. The summed E-state index contributed by atoms with van der Waals surface area (Å²) in [4.78, 5) is 69.8. The summed E-state index contributed by atoms with van der Waals surface area (Å²) in [7, 11) is 2.46. The summed E-state index contributed by atoms with van der Waals surface area (Å²) in [5, 5.41) is 5.21. The number of H-pyrrole nitrogens is 2. The molecule has 4 amide bonds. The summed E-state index contributed by atoms with van der Waals surface area (Å²) >= 11 is 0. The fourth-order valence-corrected chi connectivity index (χ4v) is 7.75. The number of aromatic amines is 2. The van der Waals surface area contributed by atoms with Gasteiger partial charge >= 0.3 is 12.2 Å². The zero-order valence-electron chi connectivity index (χ0n) is 33.6. The topological polar surface area (TPSA) is 175 Å². The van der Waals surface area contributed by atoms with Crippen LogP contribution in [0.1, 0.15) is 77.1 Å². The van der Waals surface area contributed by atoms with Crippen LogP contribution in [-0.2, 0) is 19.1 Å². The average molecular weight is 803 g/mol. The summed E-state index contributed by atoms with van der Waals surface area (Å²) in [6.07, 6.45) is 0.363. The summed E-state index contributed by atoms with van der Waals surface area (Å²) in [5.41, 5.74) is 5.07. The van der Waals surface area contributed by atoms with E-state index in [9.17, 15) is 28.0 Å². The number of nitrogens with zero attached hydrogens (tertiary/aromatic N) is 4. The molecule has 16 heteroatoms. The second kappa shape index (κ2) is 18.2. The minimum absolute atomic E-state index is 0.0892. The van der Waals surface area contributed by atoms with E-state index in [1.807, 2.05) is 76.2 Å². The molecule has 0 aliphatic carbocycles. The van der Waals surface area contributed by atoms with E-state index in [1.165, 1.54) is 24.0 Å². The molecule has 4 N–H and O–H groups in total. The van der Waals surface area contributed by atoms with Crippen LogP contribution in [0.2, 0.25) is 0 Å². The first kappa shape index (κ1) is 41.8. The lowest BCUT2D eigenvalue weighted by Crippen LogP contribution is -2.49. The van der Waals surface area contributed by atoms with Gasteiger partial charge in [-0.25, -0.2) is 28.3 Å². The molecule has 2 aromatic carbocycles. The van der Waals surface area contributed by atoms with Gasteiger partial charge in [0, 0.05) is 12.8 Å². The van der Waals surface area contributed by atoms with E-state index in [4.69, 9.17) is 9.47 Å². The molecule has 2 saturated heterocycles. The lowest BCUT2D eigenvalue weighted by molar-refractivity contribution is -0.135. The zero-order valence-corrected chi connectivity index (χ0v) is 33.6. The molecular formula is C42H52F2N8O6. The smallest absolute Gasteiger partial charge is 0.407 e. The Balaban J connectivity index is 1.12. The first-order chi connectivity index (χ1) is 27.7. The standard InChI is InChI=1S/C42H52F2N8O6/c1-23(2)15-31(49-41(55)57-5)39(53)51-21-29(43)17-35(51)37-45-19-33(47-37)27-11-7-25(8-12-27)26-9-13-28(14-10-26)34-20-46-38(48-34)36-18-30(44)22-52(36)40(54)32(16-24(3)4)50-42(56)58-6/h7-14,19-20,23-24,29-32,35-36H,15-18,21-22H2,1-6H3,(H,45,47)(H,46,48)(H,49,55)(H,50,56)/t29-,30-,31+,32+,35+,36?/m1/s1. The monoisotopic (exact) mass is 802 g/mol. The van der Waals surface area contributed by atoms with Crippen molar-refractivity contribution in [1.82, 2.24) is 40.4 Å². The van der Waals surface area contributed by atoms with Crippen LogP contribution in [0.25, 0.3) is 33.6 Å². The number of nitrogens with one attached hydrogen (secondary N) is 4. The van der Waals surface area contributed by atoms with Gasteiger partial charge in [-0.3, -0.25) is 9.59 Å². The van der Waals surface area contributed by atoms with Gasteiger partial charge in [-0.05, 0) is 46.9 Å². The normalized spacial score (nSPS) is 20.3. The lowest BCUT2D eigenvalue weighted by atomic mass is 10.0. The van der Waals surface area contributed by atoms with Gasteiger partial charge in [0.05, 0.1) is 63.2 Å². The largest absolute Gasteiger partial charge is 0.453 e. The molecule has 2 aromatic heterocycles. The molecule has 6 atom stereocenters. The number of rotatable bonds is 13. The molecular weight excluding hydrogens is 751 g/mol. The van der Waals surface area contributed by atoms with Gasteiger partial charge in [0.2, 0.25) is 11.8 Å². The van der Waals surface area contributed by atoms with Crippen molar-refractivity contribution in [1.29, 1.82) is 0 Å². The number of ether oxygens (including phenoxy) is 2. The highest BCUT2D eigenvalue weighted by Crippen LogP contribution is 2.36. The van der Waals surface area contributed by atoms with Gasteiger partial charge < -0.3 is 39.9 Å². The van der Waals surface area contributed by atoms with Crippen molar-refractivity contribution in [2.75, 3.05) is 27.3 Å². The van der Waals surface area contributed by atoms with Crippen molar-refractivity contribution in [2.45, 2.75) is 89.9 Å². The summed E-state index contributed by atoms with van der Waals surface area (Å²) in [6, 6.07) is 12.8. The second-order valence-electron chi connectivity index (χ2n) is 15.8. The van der Waals surface area contributed by atoms with Crippen LogP contribution in [0.4, 0.5) is 18.4 Å². The fourth-order valence-electron chi connectivity index (χ4n) is 7.75. The first-order valence-corrected chi connectivity index (χ1v) is 19.6. The summed E-state index contributed by atoms with van der Waals surface area (Å²) in [6.45, 7) is 7.57. The number of imidazole rings is 2. The molecule has 0 spiro atoms. The molecule has 4 aromatic rings. The van der Waals surface area contributed by atoms with E-state index in [1.54, 1.807) is 12.4 Å². The Morgan fingerprint density at radius 2 is 1.00 bits per heavy atom. The minimum Gasteiger partial charge on any atom is -0.453 e. The number of benzene rings is 2. The lowest BCUT2D eigenvalue weighted by Gasteiger charge is -2.28. The molecule has 14 nitrogen and oxygen atoms in total. The number of methoxy groups -OCH3 is 2. The number of carbonyl (C=O) groups is 4. The number of carbonyl (C=O) groups excluding carboxylic acids is 4. The maximum atomic E-state index is 14.8. The Labute approximate surface area is 336 Å². The fraction of sp³-hybridized carbons (Fsp3) is 0.476. The number of alkyl halides is 2. The van der Waals surface area contributed by atoms with E-state index in [0.717, 1.165) is 22.3 Å². The van der Waals surface area contributed by atoms with Crippen LogP contribution in [0.5, 0.6) is 0 Å². The molecule has 1 unspecified atom stereocenters. The van der Waals surface area contributed by atoms with Crippen molar-refractivity contribution in [3.63, 3.8) is 0 Å². The minimum atomic E-state index is -1.23. The van der Waals surface area contributed by atoms with E-state index in [0.29, 0.717) is 35.9 Å². The zero-order chi connectivity index (χ0) is 41.7.